The van der Waals surface area contributed by atoms with E-state index in [0.29, 0.717) is 31.7 Å². The molecule has 21 heavy (non-hydrogen) atoms. The van der Waals surface area contributed by atoms with Gasteiger partial charge in [-0.3, -0.25) is 0 Å². The zero-order valence-corrected chi connectivity index (χ0v) is 12.1. The average molecular weight is 308 g/mol. The molecule has 1 saturated heterocycles. The highest BCUT2D eigenvalue weighted by Crippen LogP contribution is 2.20. The van der Waals surface area contributed by atoms with Crippen LogP contribution in [0.15, 0.2) is 41.7 Å². The van der Waals surface area contributed by atoms with Crippen LogP contribution in [0.2, 0.25) is 0 Å². The van der Waals surface area contributed by atoms with Gasteiger partial charge in [0.25, 0.3) is 0 Å². The predicted molar refractivity (Wildman–Crippen MR) is 75.4 cm³/mol. The zero-order chi connectivity index (χ0) is 14.9. The maximum atomic E-state index is 12.5. The number of hydrogen-bond donors (Lipinski definition) is 1. The number of hydrogen-bond acceptors (Lipinski definition) is 5. The highest BCUT2D eigenvalue weighted by molar-refractivity contribution is 7.89. The highest BCUT2D eigenvalue weighted by Gasteiger charge is 2.29. The minimum absolute atomic E-state index is 0.143. The molecule has 0 bridgehead atoms. The number of piperidine rings is 1. The Labute approximate surface area is 122 Å². The largest absolute Gasteiger partial charge is 0.393 e. The summed E-state index contributed by atoms with van der Waals surface area (Å²) in [6, 6.07) is 5.34. The molecule has 3 rings (SSSR count). The van der Waals surface area contributed by atoms with Crippen LogP contribution in [0.3, 0.4) is 0 Å². The molecule has 1 fully saturated rings. The number of aliphatic hydroxyl groups excluding tert-OH is 1. The molecule has 8 heteroatoms. The van der Waals surface area contributed by atoms with Gasteiger partial charge in [0.1, 0.15) is 4.90 Å². The van der Waals surface area contributed by atoms with E-state index in [0.717, 1.165) is 0 Å². The first-order chi connectivity index (χ1) is 10.1. The van der Waals surface area contributed by atoms with Crippen LogP contribution in [-0.4, -0.2) is 51.8 Å². The number of aromatic nitrogens is 3. The molecule has 0 aromatic carbocycles. The fourth-order valence-electron chi connectivity index (χ4n) is 2.29. The maximum Gasteiger partial charge on any atom is 0.246 e. The van der Waals surface area contributed by atoms with Gasteiger partial charge in [-0.2, -0.15) is 9.40 Å². The Hall–Kier alpha value is -1.77. The van der Waals surface area contributed by atoms with Crippen LogP contribution in [-0.2, 0) is 10.0 Å². The topological polar surface area (TPSA) is 88.3 Å². The second-order valence-electron chi connectivity index (χ2n) is 4.94. The summed E-state index contributed by atoms with van der Waals surface area (Å²) in [5.74, 6) is 0.563. The monoisotopic (exact) mass is 308 g/mol. The van der Waals surface area contributed by atoms with Crippen LogP contribution in [0.1, 0.15) is 12.8 Å². The number of sulfonamides is 1. The van der Waals surface area contributed by atoms with Gasteiger partial charge in [0.05, 0.1) is 18.5 Å². The van der Waals surface area contributed by atoms with E-state index in [-0.39, 0.29) is 4.90 Å². The van der Waals surface area contributed by atoms with Gasteiger partial charge in [-0.05, 0) is 25.0 Å². The van der Waals surface area contributed by atoms with Crippen LogP contribution in [0, 0.1) is 0 Å². The van der Waals surface area contributed by atoms with Crippen LogP contribution < -0.4 is 0 Å². The van der Waals surface area contributed by atoms with Gasteiger partial charge in [0.2, 0.25) is 10.0 Å². The predicted octanol–water partition coefficient (Wildman–Crippen LogP) is 0.413. The third-order valence-electron chi connectivity index (χ3n) is 3.50. The normalized spacial score (nSPS) is 18.0. The molecule has 0 radical (unpaired) electrons. The van der Waals surface area contributed by atoms with Crippen molar-refractivity contribution in [3.8, 4) is 5.82 Å². The molecule has 2 aromatic rings. The van der Waals surface area contributed by atoms with E-state index in [1.807, 2.05) is 6.07 Å². The van der Waals surface area contributed by atoms with E-state index in [4.69, 9.17) is 0 Å². The highest BCUT2D eigenvalue weighted by atomic mass is 32.2. The minimum atomic E-state index is -3.56. The molecule has 1 aliphatic heterocycles. The Morgan fingerprint density at radius 2 is 2.00 bits per heavy atom. The molecule has 0 amide bonds. The summed E-state index contributed by atoms with van der Waals surface area (Å²) in [4.78, 5) is 4.27. The van der Waals surface area contributed by atoms with Gasteiger partial charge < -0.3 is 5.11 Å². The third-order valence-corrected chi connectivity index (χ3v) is 5.36. The van der Waals surface area contributed by atoms with Crippen molar-refractivity contribution >= 4 is 10.0 Å². The van der Waals surface area contributed by atoms with Gasteiger partial charge in [-0.25, -0.2) is 18.1 Å². The summed E-state index contributed by atoms with van der Waals surface area (Å²) >= 11 is 0. The van der Waals surface area contributed by atoms with Crippen LogP contribution in [0.25, 0.3) is 5.82 Å². The summed E-state index contributed by atoms with van der Waals surface area (Å²) < 4.78 is 27.8. The van der Waals surface area contributed by atoms with E-state index >= 15 is 0 Å². The zero-order valence-electron chi connectivity index (χ0n) is 11.3. The fourth-order valence-corrected chi connectivity index (χ4v) is 3.69. The molecular formula is C13H16N4O3S. The Bertz CT molecular complexity index is 706. The lowest BCUT2D eigenvalue weighted by atomic mass is 10.1. The van der Waals surface area contributed by atoms with E-state index in [1.54, 1.807) is 18.3 Å². The molecule has 0 atom stereocenters. The lowest BCUT2D eigenvalue weighted by molar-refractivity contribution is 0.113. The minimum Gasteiger partial charge on any atom is -0.393 e. The molecule has 0 saturated carbocycles. The first-order valence-electron chi connectivity index (χ1n) is 6.72. The summed E-state index contributed by atoms with van der Waals surface area (Å²) in [7, 11) is -3.56. The van der Waals surface area contributed by atoms with Crippen molar-refractivity contribution in [2.45, 2.75) is 23.8 Å². The first-order valence-corrected chi connectivity index (χ1v) is 8.16. The first kappa shape index (κ1) is 14.2. The molecule has 0 spiro atoms. The Morgan fingerprint density at radius 3 is 2.67 bits per heavy atom. The summed E-state index contributed by atoms with van der Waals surface area (Å²) in [5, 5.41) is 13.5. The molecular weight excluding hydrogens is 292 g/mol. The average Bonchev–Trinajstić information content (AvgIpc) is 2.99. The van der Waals surface area contributed by atoms with Crippen LogP contribution in [0.5, 0.6) is 0 Å². The van der Waals surface area contributed by atoms with Crippen molar-refractivity contribution < 1.29 is 13.5 Å². The van der Waals surface area contributed by atoms with E-state index < -0.39 is 16.1 Å². The van der Waals surface area contributed by atoms with Crippen molar-refractivity contribution in [3.63, 3.8) is 0 Å². The van der Waals surface area contributed by atoms with E-state index in [9.17, 15) is 13.5 Å². The van der Waals surface area contributed by atoms with Crippen LogP contribution >= 0.6 is 0 Å². The quantitative estimate of drug-likeness (QED) is 0.887. The number of nitrogens with zero attached hydrogens (tertiary/aromatic N) is 4. The van der Waals surface area contributed by atoms with Crippen LogP contribution in [0.4, 0.5) is 0 Å². The Morgan fingerprint density at radius 1 is 1.24 bits per heavy atom. The van der Waals surface area contributed by atoms with Crippen molar-refractivity contribution in [2.75, 3.05) is 13.1 Å². The molecule has 7 nitrogen and oxygen atoms in total. The van der Waals surface area contributed by atoms with E-state index in [1.165, 1.54) is 21.4 Å². The second kappa shape index (κ2) is 5.55. The maximum absolute atomic E-state index is 12.5. The SMILES string of the molecule is O=S(=O)(c1cnn(-c2ccccn2)c1)N1CCC(O)CC1. The summed E-state index contributed by atoms with van der Waals surface area (Å²) in [6.07, 6.45) is 4.93. The summed E-state index contributed by atoms with van der Waals surface area (Å²) in [5.41, 5.74) is 0. The molecule has 2 aromatic heterocycles. The second-order valence-corrected chi connectivity index (χ2v) is 6.88. The Balaban J connectivity index is 1.85. The lowest BCUT2D eigenvalue weighted by Gasteiger charge is -2.28. The molecule has 1 aliphatic rings. The summed E-state index contributed by atoms with van der Waals surface area (Å²) in [6.45, 7) is 0.663. The van der Waals surface area contributed by atoms with Crippen molar-refractivity contribution in [3.05, 3.63) is 36.8 Å². The number of aliphatic hydroxyl groups is 1. The molecule has 1 N–H and O–H groups in total. The third kappa shape index (κ3) is 2.82. The molecule has 112 valence electrons. The van der Waals surface area contributed by atoms with Gasteiger partial charge in [0, 0.05) is 19.3 Å². The van der Waals surface area contributed by atoms with Gasteiger partial charge in [-0.1, -0.05) is 6.07 Å². The lowest BCUT2D eigenvalue weighted by Crippen LogP contribution is -2.39. The standard InChI is InChI=1S/C13H16N4O3S/c18-11-4-7-16(8-5-11)21(19,20)12-9-15-17(10-12)13-3-1-2-6-14-13/h1-3,6,9-11,18H,4-5,7-8H2. The van der Waals surface area contributed by atoms with Crippen molar-refractivity contribution in [1.82, 2.24) is 19.1 Å². The smallest absolute Gasteiger partial charge is 0.246 e. The van der Waals surface area contributed by atoms with Gasteiger partial charge in [0.15, 0.2) is 5.82 Å². The number of rotatable bonds is 3. The molecule has 0 unspecified atom stereocenters. The molecule has 3 heterocycles. The number of pyridine rings is 1. The fraction of sp³-hybridized carbons (Fsp3) is 0.385. The van der Waals surface area contributed by atoms with Gasteiger partial charge in [-0.15, -0.1) is 0 Å². The van der Waals surface area contributed by atoms with Gasteiger partial charge >= 0.3 is 0 Å². The van der Waals surface area contributed by atoms with Crippen molar-refractivity contribution in [1.29, 1.82) is 0 Å². The Kier molecular flexibility index (Phi) is 3.75. The van der Waals surface area contributed by atoms with E-state index in [2.05, 4.69) is 10.1 Å². The van der Waals surface area contributed by atoms with Crippen molar-refractivity contribution in [2.24, 2.45) is 0 Å². The molecule has 0 aliphatic carbocycles.